The van der Waals surface area contributed by atoms with Crippen molar-refractivity contribution in [3.8, 4) is 11.7 Å². The Hall–Kier alpha value is -2.36. The van der Waals surface area contributed by atoms with Gasteiger partial charge in [-0.25, -0.2) is 0 Å². The summed E-state index contributed by atoms with van der Waals surface area (Å²) in [6.07, 6.45) is 2.05. The summed E-state index contributed by atoms with van der Waals surface area (Å²) in [5, 5.41) is 7.43. The number of rotatable bonds is 3. The fourth-order valence-electron chi connectivity index (χ4n) is 1.78. The van der Waals surface area contributed by atoms with E-state index in [1.54, 1.807) is 0 Å². The predicted molar refractivity (Wildman–Crippen MR) is 66.0 cm³/mol. The minimum Gasteiger partial charge on any atom is -0.456 e. The molecular weight excluding hydrogens is 228 g/mol. The first-order chi connectivity index (χ1) is 8.81. The Labute approximate surface area is 104 Å². The Bertz CT molecular complexity index is 624. The lowest BCUT2D eigenvalue weighted by atomic mass is 10.1. The van der Waals surface area contributed by atoms with E-state index in [4.69, 9.17) is 8.83 Å². The van der Waals surface area contributed by atoms with Crippen LogP contribution in [0.5, 0.6) is 0 Å². The number of nitrogens with zero attached hydrogens (tertiary/aromatic N) is 2. The summed E-state index contributed by atoms with van der Waals surface area (Å²) in [5.41, 5.74) is 2.47. The van der Waals surface area contributed by atoms with E-state index in [1.807, 2.05) is 12.1 Å². The van der Waals surface area contributed by atoms with Crippen LogP contribution < -0.4 is 0 Å². The molecule has 2 aromatic heterocycles. The van der Waals surface area contributed by atoms with E-state index < -0.39 is 0 Å². The van der Waals surface area contributed by atoms with E-state index in [9.17, 15) is 0 Å². The second-order valence-electron chi connectivity index (χ2n) is 4.17. The smallest absolute Gasteiger partial charge is 0.283 e. The van der Waals surface area contributed by atoms with Crippen LogP contribution in [0.4, 0.5) is 0 Å². The molecule has 0 atom stereocenters. The molecule has 0 amide bonds. The van der Waals surface area contributed by atoms with Crippen LogP contribution in [0.15, 0.2) is 51.6 Å². The Balaban J connectivity index is 1.80. The fourth-order valence-corrected chi connectivity index (χ4v) is 1.78. The number of benzene rings is 1. The third-order valence-corrected chi connectivity index (χ3v) is 2.73. The maximum Gasteiger partial charge on any atom is 0.283 e. The molecular formula is C14H12N2O2. The van der Waals surface area contributed by atoms with Crippen LogP contribution in [-0.4, -0.2) is 10.2 Å². The maximum absolute atomic E-state index is 5.67. The Kier molecular flexibility index (Phi) is 2.68. The van der Waals surface area contributed by atoms with Crippen LogP contribution in [0.25, 0.3) is 11.7 Å². The van der Waals surface area contributed by atoms with Crippen molar-refractivity contribution in [1.82, 2.24) is 10.2 Å². The molecule has 1 aromatic carbocycles. The van der Waals surface area contributed by atoms with Gasteiger partial charge in [0.15, 0.2) is 5.76 Å². The van der Waals surface area contributed by atoms with E-state index in [-0.39, 0.29) is 0 Å². The molecule has 90 valence electrons. The molecule has 0 aliphatic rings. The van der Waals surface area contributed by atoms with Gasteiger partial charge in [0.1, 0.15) is 5.76 Å². The van der Waals surface area contributed by atoms with E-state index in [2.05, 4.69) is 41.4 Å². The van der Waals surface area contributed by atoms with Gasteiger partial charge < -0.3 is 8.83 Å². The monoisotopic (exact) mass is 240 g/mol. The fraction of sp³-hybridized carbons (Fsp3) is 0.143. The Morgan fingerprint density at radius 1 is 1.06 bits per heavy atom. The molecule has 0 saturated heterocycles. The van der Waals surface area contributed by atoms with Gasteiger partial charge in [-0.15, -0.1) is 10.2 Å². The first-order valence-electron chi connectivity index (χ1n) is 5.72. The average molecular weight is 240 g/mol. The van der Waals surface area contributed by atoms with Crippen LogP contribution >= 0.6 is 0 Å². The van der Waals surface area contributed by atoms with Crippen LogP contribution in [0, 0.1) is 6.92 Å². The largest absolute Gasteiger partial charge is 0.456 e. The lowest BCUT2D eigenvalue weighted by Crippen LogP contribution is -1.85. The minimum absolute atomic E-state index is 0.408. The zero-order chi connectivity index (χ0) is 12.4. The molecule has 3 rings (SSSR count). The van der Waals surface area contributed by atoms with Crippen molar-refractivity contribution in [2.45, 2.75) is 13.3 Å². The SMILES string of the molecule is Cc1ccc(Cc2ccc(-c3nnco3)o2)cc1. The number of aromatic nitrogens is 2. The summed E-state index contributed by atoms with van der Waals surface area (Å²) in [5.74, 6) is 1.90. The van der Waals surface area contributed by atoms with Crippen LogP contribution in [0.1, 0.15) is 16.9 Å². The second kappa shape index (κ2) is 4.49. The molecule has 0 N–H and O–H groups in total. The highest BCUT2D eigenvalue weighted by Crippen LogP contribution is 2.21. The van der Waals surface area contributed by atoms with Crippen molar-refractivity contribution in [3.05, 3.63) is 59.7 Å². The van der Waals surface area contributed by atoms with Gasteiger partial charge in [0.05, 0.1) is 0 Å². The first-order valence-corrected chi connectivity index (χ1v) is 5.72. The molecule has 0 bridgehead atoms. The second-order valence-corrected chi connectivity index (χ2v) is 4.17. The molecule has 3 aromatic rings. The summed E-state index contributed by atoms with van der Waals surface area (Å²) < 4.78 is 10.7. The molecule has 0 saturated carbocycles. The van der Waals surface area contributed by atoms with Gasteiger partial charge in [0.25, 0.3) is 5.89 Å². The molecule has 18 heavy (non-hydrogen) atoms. The average Bonchev–Trinajstić information content (AvgIpc) is 3.02. The molecule has 2 heterocycles. The van der Waals surface area contributed by atoms with Gasteiger partial charge in [0.2, 0.25) is 6.39 Å². The third kappa shape index (κ3) is 2.18. The zero-order valence-corrected chi connectivity index (χ0v) is 9.96. The summed E-state index contributed by atoms with van der Waals surface area (Å²) in [4.78, 5) is 0. The standard InChI is InChI=1S/C14H12N2O2/c1-10-2-4-11(5-3-10)8-12-6-7-13(18-12)14-16-15-9-17-14/h2-7,9H,8H2,1H3. The van der Waals surface area contributed by atoms with E-state index in [1.165, 1.54) is 17.5 Å². The zero-order valence-electron chi connectivity index (χ0n) is 9.96. The summed E-state index contributed by atoms with van der Waals surface area (Å²) >= 11 is 0. The van der Waals surface area contributed by atoms with E-state index in [0.717, 1.165) is 12.2 Å². The van der Waals surface area contributed by atoms with Crippen LogP contribution in [0.2, 0.25) is 0 Å². The Morgan fingerprint density at radius 3 is 2.61 bits per heavy atom. The molecule has 0 spiro atoms. The van der Waals surface area contributed by atoms with Crippen LogP contribution in [-0.2, 0) is 6.42 Å². The summed E-state index contributed by atoms with van der Waals surface area (Å²) in [6, 6.07) is 12.2. The highest BCUT2D eigenvalue weighted by molar-refractivity contribution is 5.43. The summed E-state index contributed by atoms with van der Waals surface area (Å²) in [6.45, 7) is 2.07. The Morgan fingerprint density at radius 2 is 1.89 bits per heavy atom. The molecule has 0 aliphatic heterocycles. The minimum atomic E-state index is 0.408. The molecule has 0 aliphatic carbocycles. The lowest BCUT2D eigenvalue weighted by molar-refractivity contribution is 0.493. The van der Waals surface area contributed by atoms with Gasteiger partial charge in [-0.2, -0.15) is 0 Å². The van der Waals surface area contributed by atoms with Crippen molar-refractivity contribution >= 4 is 0 Å². The third-order valence-electron chi connectivity index (χ3n) is 2.73. The van der Waals surface area contributed by atoms with Gasteiger partial charge in [-0.1, -0.05) is 29.8 Å². The van der Waals surface area contributed by atoms with Crippen molar-refractivity contribution in [2.75, 3.05) is 0 Å². The lowest BCUT2D eigenvalue weighted by Gasteiger charge is -1.98. The van der Waals surface area contributed by atoms with E-state index >= 15 is 0 Å². The molecule has 4 heteroatoms. The molecule has 4 nitrogen and oxygen atoms in total. The highest BCUT2D eigenvalue weighted by atomic mass is 16.4. The van der Waals surface area contributed by atoms with Gasteiger partial charge in [-0.3, -0.25) is 0 Å². The normalized spacial score (nSPS) is 10.7. The highest BCUT2D eigenvalue weighted by Gasteiger charge is 2.09. The van der Waals surface area contributed by atoms with E-state index in [0.29, 0.717) is 11.7 Å². The number of furan rings is 1. The predicted octanol–water partition coefficient (Wildman–Crippen LogP) is 3.23. The topological polar surface area (TPSA) is 52.1 Å². The van der Waals surface area contributed by atoms with Gasteiger partial charge in [-0.05, 0) is 24.6 Å². The van der Waals surface area contributed by atoms with Crippen molar-refractivity contribution in [3.63, 3.8) is 0 Å². The quantitative estimate of drug-likeness (QED) is 0.705. The molecule has 0 fully saturated rings. The molecule has 0 unspecified atom stereocenters. The first kappa shape index (κ1) is 10.8. The van der Waals surface area contributed by atoms with Crippen LogP contribution in [0.3, 0.4) is 0 Å². The van der Waals surface area contributed by atoms with Crippen molar-refractivity contribution < 1.29 is 8.83 Å². The number of aryl methyl sites for hydroxylation is 1. The van der Waals surface area contributed by atoms with Crippen molar-refractivity contribution in [1.29, 1.82) is 0 Å². The maximum atomic E-state index is 5.67. The van der Waals surface area contributed by atoms with Crippen molar-refractivity contribution in [2.24, 2.45) is 0 Å². The molecule has 0 radical (unpaired) electrons. The number of hydrogen-bond acceptors (Lipinski definition) is 4. The van der Waals surface area contributed by atoms with Gasteiger partial charge >= 0.3 is 0 Å². The number of hydrogen-bond donors (Lipinski definition) is 0. The van der Waals surface area contributed by atoms with Gasteiger partial charge in [0, 0.05) is 6.42 Å². The summed E-state index contributed by atoms with van der Waals surface area (Å²) in [7, 11) is 0.